The van der Waals surface area contributed by atoms with Gasteiger partial charge < -0.3 is 18.9 Å². The van der Waals surface area contributed by atoms with Gasteiger partial charge in [-0.2, -0.15) is 0 Å². The lowest BCUT2D eigenvalue weighted by molar-refractivity contribution is 0.170. The summed E-state index contributed by atoms with van der Waals surface area (Å²) in [6, 6.07) is 15.8. The van der Waals surface area contributed by atoms with Gasteiger partial charge in [0.05, 0.1) is 10.6 Å². The number of hydrogen-bond acceptors (Lipinski definition) is 7. The Kier molecular flexibility index (Phi) is 6.29. The van der Waals surface area contributed by atoms with E-state index in [0.717, 1.165) is 36.7 Å². The van der Waals surface area contributed by atoms with Crippen LogP contribution in [0.2, 0.25) is 0 Å². The largest absolute Gasteiger partial charge is 0.486 e. The first kappa shape index (κ1) is 23.9. The Balaban J connectivity index is 1.23. The smallest absolute Gasteiger partial charge is 0.264 e. The Morgan fingerprint density at radius 1 is 0.811 bits per heavy atom. The summed E-state index contributed by atoms with van der Waals surface area (Å²) >= 11 is 0. The molecule has 3 aromatic rings. The van der Waals surface area contributed by atoms with Gasteiger partial charge in [0, 0.05) is 31.7 Å². The van der Waals surface area contributed by atoms with Gasteiger partial charge in [-0.25, -0.2) is 12.8 Å². The van der Waals surface area contributed by atoms with Crippen LogP contribution in [-0.4, -0.2) is 52.5 Å². The minimum absolute atomic E-state index is 0.0466. The summed E-state index contributed by atoms with van der Waals surface area (Å²) in [6.45, 7) is 3.37. The molecule has 0 unspecified atom stereocenters. The highest BCUT2D eigenvalue weighted by molar-refractivity contribution is 7.92. The third-order valence-electron chi connectivity index (χ3n) is 6.88. The standard InChI is InChI=1S/C27H27FN2O6S/c28-20-2-5-23(6-3-20)37(31,32)30(22-4-8-25-27(16-22)36-18-35-25)21-9-11-29(12-10-21)17-19-1-7-24-26(15-19)34-14-13-33-24/h1-8,15-16,21H,9-14,17-18H2. The second-order valence-electron chi connectivity index (χ2n) is 9.28. The average Bonchev–Trinajstić information content (AvgIpc) is 3.38. The highest BCUT2D eigenvalue weighted by Gasteiger charge is 2.35. The van der Waals surface area contributed by atoms with Crippen molar-refractivity contribution in [3.05, 3.63) is 72.0 Å². The topological polar surface area (TPSA) is 77.5 Å². The number of likely N-dealkylation sites (tertiary alicyclic amines) is 1. The van der Waals surface area contributed by atoms with Crippen LogP contribution in [0.5, 0.6) is 23.0 Å². The van der Waals surface area contributed by atoms with Gasteiger partial charge in [-0.3, -0.25) is 9.21 Å². The molecule has 10 heteroatoms. The van der Waals surface area contributed by atoms with Crippen molar-refractivity contribution in [2.24, 2.45) is 0 Å². The van der Waals surface area contributed by atoms with Crippen LogP contribution in [0.1, 0.15) is 18.4 Å². The summed E-state index contributed by atoms with van der Waals surface area (Å²) in [5, 5.41) is 0. The minimum Gasteiger partial charge on any atom is -0.486 e. The molecule has 1 fully saturated rings. The number of rotatable bonds is 6. The van der Waals surface area contributed by atoms with Crippen molar-refractivity contribution in [1.82, 2.24) is 4.90 Å². The Hall–Kier alpha value is -3.50. The second kappa shape index (κ2) is 9.75. The molecule has 0 aromatic heterocycles. The van der Waals surface area contributed by atoms with E-state index in [1.165, 1.54) is 28.6 Å². The number of piperidine rings is 1. The highest BCUT2D eigenvalue weighted by atomic mass is 32.2. The minimum atomic E-state index is -3.95. The fraction of sp³-hybridized carbons (Fsp3) is 0.333. The third kappa shape index (κ3) is 4.78. The highest BCUT2D eigenvalue weighted by Crippen LogP contribution is 2.39. The first-order valence-electron chi connectivity index (χ1n) is 12.3. The number of benzene rings is 3. The molecule has 194 valence electrons. The molecule has 3 aliphatic rings. The van der Waals surface area contributed by atoms with Crippen molar-refractivity contribution in [3.63, 3.8) is 0 Å². The van der Waals surface area contributed by atoms with Crippen molar-refractivity contribution < 1.29 is 31.8 Å². The average molecular weight is 527 g/mol. The zero-order valence-corrected chi connectivity index (χ0v) is 21.0. The van der Waals surface area contributed by atoms with Gasteiger partial charge in [0.25, 0.3) is 10.0 Å². The zero-order chi connectivity index (χ0) is 25.4. The normalized spacial score (nSPS) is 17.5. The van der Waals surface area contributed by atoms with Crippen LogP contribution >= 0.6 is 0 Å². The van der Waals surface area contributed by atoms with Crippen LogP contribution in [0.25, 0.3) is 0 Å². The molecule has 1 saturated heterocycles. The van der Waals surface area contributed by atoms with Crippen molar-refractivity contribution in [3.8, 4) is 23.0 Å². The summed E-state index contributed by atoms with van der Waals surface area (Å²) in [7, 11) is -3.95. The van der Waals surface area contributed by atoms with E-state index >= 15 is 0 Å². The first-order valence-corrected chi connectivity index (χ1v) is 13.7. The SMILES string of the molecule is O=S(=O)(c1ccc(F)cc1)N(c1ccc2c(c1)OCO2)C1CCN(Cc2ccc3c(c2)OCCO3)CC1. The van der Waals surface area contributed by atoms with Crippen LogP contribution in [-0.2, 0) is 16.6 Å². The van der Waals surface area contributed by atoms with Gasteiger partial charge >= 0.3 is 0 Å². The van der Waals surface area contributed by atoms with Gasteiger partial charge in [-0.15, -0.1) is 0 Å². The van der Waals surface area contributed by atoms with E-state index < -0.39 is 15.8 Å². The predicted octanol–water partition coefficient (Wildman–Crippen LogP) is 4.19. The molecule has 0 radical (unpaired) electrons. The molecule has 37 heavy (non-hydrogen) atoms. The lowest BCUT2D eigenvalue weighted by atomic mass is 10.0. The predicted molar refractivity (Wildman–Crippen MR) is 134 cm³/mol. The van der Waals surface area contributed by atoms with Gasteiger partial charge in [-0.05, 0) is 66.9 Å². The fourth-order valence-electron chi connectivity index (χ4n) is 5.04. The number of sulfonamides is 1. The van der Waals surface area contributed by atoms with Crippen molar-refractivity contribution in [1.29, 1.82) is 0 Å². The van der Waals surface area contributed by atoms with Gasteiger partial charge in [0.1, 0.15) is 19.0 Å². The lowest BCUT2D eigenvalue weighted by Crippen LogP contribution is -2.47. The Morgan fingerprint density at radius 3 is 2.24 bits per heavy atom. The molecule has 0 bridgehead atoms. The van der Waals surface area contributed by atoms with E-state index in [0.29, 0.717) is 43.2 Å². The van der Waals surface area contributed by atoms with E-state index in [4.69, 9.17) is 18.9 Å². The molecule has 8 nitrogen and oxygen atoms in total. The maximum atomic E-state index is 13.8. The molecule has 0 aliphatic carbocycles. The van der Waals surface area contributed by atoms with E-state index in [9.17, 15) is 12.8 Å². The lowest BCUT2D eigenvalue weighted by Gasteiger charge is -2.39. The van der Waals surface area contributed by atoms with Crippen molar-refractivity contribution >= 4 is 15.7 Å². The van der Waals surface area contributed by atoms with E-state index in [1.54, 1.807) is 18.2 Å². The number of fused-ring (bicyclic) bond motifs is 2. The van der Waals surface area contributed by atoms with Crippen LogP contribution < -0.4 is 23.3 Å². The number of halogens is 1. The molecule has 6 rings (SSSR count). The number of hydrogen-bond donors (Lipinski definition) is 0. The molecule has 3 aromatic carbocycles. The molecule has 0 amide bonds. The van der Waals surface area contributed by atoms with Gasteiger partial charge in [-0.1, -0.05) is 6.07 Å². The number of nitrogens with zero attached hydrogens (tertiary/aromatic N) is 2. The quantitative estimate of drug-likeness (QED) is 0.477. The molecule has 3 aliphatic heterocycles. The molecule has 0 saturated carbocycles. The monoisotopic (exact) mass is 526 g/mol. The molecule has 0 spiro atoms. The molecule has 0 N–H and O–H groups in total. The first-order chi connectivity index (χ1) is 18.0. The molecule has 0 atom stereocenters. The maximum absolute atomic E-state index is 13.8. The second-order valence-corrected chi connectivity index (χ2v) is 11.1. The van der Waals surface area contributed by atoms with Crippen LogP contribution in [0.3, 0.4) is 0 Å². The number of ether oxygens (including phenoxy) is 4. The zero-order valence-electron chi connectivity index (χ0n) is 20.1. The van der Waals surface area contributed by atoms with Crippen molar-refractivity contribution in [2.75, 3.05) is 37.4 Å². The third-order valence-corrected chi connectivity index (χ3v) is 8.78. The van der Waals surface area contributed by atoms with E-state index in [2.05, 4.69) is 4.90 Å². The molecule has 3 heterocycles. The number of anilines is 1. The van der Waals surface area contributed by atoms with Gasteiger partial charge in [0.15, 0.2) is 23.0 Å². The molecular formula is C27H27FN2O6S. The van der Waals surface area contributed by atoms with E-state index in [1.807, 2.05) is 18.2 Å². The van der Waals surface area contributed by atoms with Crippen molar-refractivity contribution in [2.45, 2.75) is 30.3 Å². The summed E-state index contributed by atoms with van der Waals surface area (Å²) in [5.74, 6) is 2.13. The van der Waals surface area contributed by atoms with E-state index in [-0.39, 0.29) is 17.7 Å². The van der Waals surface area contributed by atoms with Crippen LogP contribution in [0.15, 0.2) is 65.6 Å². The summed E-state index contributed by atoms with van der Waals surface area (Å²) in [4.78, 5) is 2.36. The summed E-state index contributed by atoms with van der Waals surface area (Å²) < 4.78 is 65.0. The van der Waals surface area contributed by atoms with Crippen LogP contribution in [0, 0.1) is 5.82 Å². The Morgan fingerprint density at radius 2 is 1.46 bits per heavy atom. The van der Waals surface area contributed by atoms with Gasteiger partial charge in [0.2, 0.25) is 6.79 Å². The Labute approximate surface area is 215 Å². The summed E-state index contributed by atoms with van der Waals surface area (Å²) in [5.41, 5.74) is 1.62. The Bertz CT molecular complexity index is 1390. The maximum Gasteiger partial charge on any atom is 0.264 e. The van der Waals surface area contributed by atoms with Crippen LogP contribution in [0.4, 0.5) is 10.1 Å². The fourth-order valence-corrected chi connectivity index (χ4v) is 6.75. The summed E-state index contributed by atoms with van der Waals surface area (Å²) in [6.07, 6.45) is 1.28. The molecular weight excluding hydrogens is 499 g/mol.